The van der Waals surface area contributed by atoms with E-state index in [2.05, 4.69) is 20.6 Å². The predicted octanol–water partition coefficient (Wildman–Crippen LogP) is 2.63. The molecular weight excluding hydrogens is 262 g/mol. The van der Waals surface area contributed by atoms with Gasteiger partial charge in [0.05, 0.1) is 0 Å². The number of nitrogen functional groups attached to an aromatic ring is 1. The summed E-state index contributed by atoms with van der Waals surface area (Å²) in [6.45, 7) is 1.63. The maximum absolute atomic E-state index is 5.97. The van der Waals surface area contributed by atoms with E-state index in [0.29, 0.717) is 16.7 Å². The van der Waals surface area contributed by atoms with Gasteiger partial charge in [-0.15, -0.1) is 0 Å². The second kappa shape index (κ2) is 6.80. The molecule has 4 N–H and O–H groups in total. The average molecular weight is 278 g/mol. The molecule has 19 heavy (non-hydrogen) atoms. The zero-order chi connectivity index (χ0) is 13.5. The highest BCUT2D eigenvalue weighted by atomic mass is 35.5. The topological polar surface area (TPSA) is 75.9 Å². The van der Waals surface area contributed by atoms with Crippen LogP contribution in [0.1, 0.15) is 6.42 Å². The lowest BCUT2D eigenvalue weighted by molar-refractivity contribution is 0.902. The standard InChI is InChI=1S/C13H16ClN5/c14-11-12(15)18-9-19-13(11)17-8-4-7-16-10-5-2-1-3-6-10/h1-3,5-6,9,16H,4,7-8H2,(H3,15,17,18,19). The van der Waals surface area contributed by atoms with E-state index in [1.54, 1.807) is 0 Å². The van der Waals surface area contributed by atoms with Gasteiger partial charge in [-0.05, 0) is 18.6 Å². The first-order valence-corrected chi connectivity index (χ1v) is 6.44. The van der Waals surface area contributed by atoms with Crippen LogP contribution < -0.4 is 16.4 Å². The summed E-state index contributed by atoms with van der Waals surface area (Å²) in [5.41, 5.74) is 6.71. The summed E-state index contributed by atoms with van der Waals surface area (Å²) in [7, 11) is 0. The van der Waals surface area contributed by atoms with Crippen LogP contribution in [-0.4, -0.2) is 23.1 Å². The Morgan fingerprint density at radius 2 is 1.79 bits per heavy atom. The fraction of sp³-hybridized carbons (Fsp3) is 0.231. The molecule has 0 atom stereocenters. The van der Waals surface area contributed by atoms with Crippen LogP contribution in [-0.2, 0) is 0 Å². The van der Waals surface area contributed by atoms with Crippen molar-refractivity contribution in [2.45, 2.75) is 6.42 Å². The molecule has 0 saturated carbocycles. The zero-order valence-electron chi connectivity index (χ0n) is 10.4. The highest BCUT2D eigenvalue weighted by molar-refractivity contribution is 6.35. The fourth-order valence-electron chi connectivity index (χ4n) is 1.59. The van der Waals surface area contributed by atoms with Gasteiger partial charge in [-0.3, -0.25) is 0 Å². The third-order valence-corrected chi connectivity index (χ3v) is 2.94. The summed E-state index contributed by atoms with van der Waals surface area (Å²) in [6, 6.07) is 10.1. The van der Waals surface area contributed by atoms with Crippen LogP contribution in [0.25, 0.3) is 0 Å². The highest BCUT2D eigenvalue weighted by Gasteiger charge is 2.04. The van der Waals surface area contributed by atoms with Crippen LogP contribution in [0.3, 0.4) is 0 Å². The van der Waals surface area contributed by atoms with E-state index in [4.69, 9.17) is 17.3 Å². The average Bonchev–Trinajstić information content (AvgIpc) is 2.44. The van der Waals surface area contributed by atoms with Crippen LogP contribution >= 0.6 is 11.6 Å². The van der Waals surface area contributed by atoms with Crippen LogP contribution in [0.5, 0.6) is 0 Å². The van der Waals surface area contributed by atoms with Gasteiger partial charge >= 0.3 is 0 Å². The molecule has 0 unspecified atom stereocenters. The van der Waals surface area contributed by atoms with E-state index in [1.165, 1.54) is 6.33 Å². The van der Waals surface area contributed by atoms with E-state index in [0.717, 1.165) is 25.2 Å². The molecule has 0 aliphatic rings. The summed E-state index contributed by atoms with van der Waals surface area (Å²) >= 11 is 5.97. The molecule has 0 aliphatic heterocycles. The largest absolute Gasteiger partial charge is 0.385 e. The van der Waals surface area contributed by atoms with Crippen molar-refractivity contribution >= 4 is 28.9 Å². The van der Waals surface area contributed by atoms with Gasteiger partial charge in [0.1, 0.15) is 23.0 Å². The number of anilines is 3. The smallest absolute Gasteiger partial charge is 0.150 e. The summed E-state index contributed by atoms with van der Waals surface area (Å²) in [5.74, 6) is 0.871. The number of aromatic nitrogens is 2. The number of hydrogen-bond donors (Lipinski definition) is 3. The fourth-order valence-corrected chi connectivity index (χ4v) is 1.76. The number of halogens is 1. The molecule has 0 fully saturated rings. The summed E-state index contributed by atoms with van der Waals surface area (Å²) in [4.78, 5) is 7.85. The number of rotatable bonds is 6. The first-order chi connectivity index (χ1) is 9.27. The number of nitrogens with zero attached hydrogens (tertiary/aromatic N) is 2. The van der Waals surface area contributed by atoms with Gasteiger partial charge in [-0.1, -0.05) is 29.8 Å². The number of benzene rings is 1. The Kier molecular flexibility index (Phi) is 4.80. The first-order valence-electron chi connectivity index (χ1n) is 6.06. The molecule has 0 radical (unpaired) electrons. The molecule has 2 rings (SSSR count). The maximum Gasteiger partial charge on any atom is 0.150 e. The summed E-state index contributed by atoms with van der Waals surface area (Å²) in [6.07, 6.45) is 2.33. The number of hydrogen-bond acceptors (Lipinski definition) is 5. The van der Waals surface area contributed by atoms with Crippen molar-refractivity contribution in [3.05, 3.63) is 41.7 Å². The summed E-state index contributed by atoms with van der Waals surface area (Å²) in [5, 5.41) is 6.84. The molecule has 0 aliphatic carbocycles. The second-order valence-electron chi connectivity index (χ2n) is 3.99. The van der Waals surface area contributed by atoms with Crippen molar-refractivity contribution < 1.29 is 0 Å². The van der Waals surface area contributed by atoms with E-state index in [1.807, 2.05) is 30.3 Å². The Morgan fingerprint density at radius 3 is 2.58 bits per heavy atom. The molecule has 1 aromatic heterocycles. The lowest BCUT2D eigenvalue weighted by Crippen LogP contribution is -2.10. The zero-order valence-corrected chi connectivity index (χ0v) is 11.2. The molecule has 1 aromatic carbocycles. The van der Waals surface area contributed by atoms with Gasteiger partial charge in [-0.25, -0.2) is 9.97 Å². The van der Waals surface area contributed by atoms with Crippen molar-refractivity contribution in [3.63, 3.8) is 0 Å². The van der Waals surface area contributed by atoms with Crippen LogP contribution in [0.2, 0.25) is 5.02 Å². The Balaban J connectivity index is 1.71. The number of para-hydroxylation sites is 1. The van der Waals surface area contributed by atoms with Gasteiger partial charge in [0.25, 0.3) is 0 Å². The van der Waals surface area contributed by atoms with Crippen molar-refractivity contribution in [1.29, 1.82) is 0 Å². The molecule has 5 nitrogen and oxygen atoms in total. The maximum atomic E-state index is 5.97. The predicted molar refractivity (Wildman–Crippen MR) is 79.5 cm³/mol. The van der Waals surface area contributed by atoms with Crippen molar-refractivity contribution in [2.24, 2.45) is 0 Å². The molecular formula is C13H16ClN5. The third-order valence-electron chi connectivity index (χ3n) is 2.57. The molecule has 0 bridgehead atoms. The van der Waals surface area contributed by atoms with Crippen LogP contribution in [0.15, 0.2) is 36.7 Å². The van der Waals surface area contributed by atoms with E-state index < -0.39 is 0 Å². The van der Waals surface area contributed by atoms with E-state index in [-0.39, 0.29) is 0 Å². The van der Waals surface area contributed by atoms with Gasteiger partial charge < -0.3 is 16.4 Å². The number of nitrogens with two attached hydrogens (primary N) is 1. The van der Waals surface area contributed by atoms with Gasteiger partial charge in [0, 0.05) is 18.8 Å². The molecule has 100 valence electrons. The third kappa shape index (κ3) is 3.99. The molecule has 2 aromatic rings. The Hall–Kier alpha value is -2.01. The summed E-state index contributed by atoms with van der Waals surface area (Å²) < 4.78 is 0. The lowest BCUT2D eigenvalue weighted by atomic mass is 10.3. The van der Waals surface area contributed by atoms with Crippen LogP contribution in [0, 0.1) is 0 Å². The minimum absolute atomic E-state index is 0.293. The first kappa shape index (κ1) is 13.4. The highest BCUT2D eigenvalue weighted by Crippen LogP contribution is 2.22. The minimum Gasteiger partial charge on any atom is -0.385 e. The van der Waals surface area contributed by atoms with Gasteiger partial charge in [0.15, 0.2) is 0 Å². The number of nitrogens with one attached hydrogen (secondary N) is 2. The molecule has 0 saturated heterocycles. The molecule has 1 heterocycles. The van der Waals surface area contributed by atoms with Crippen LogP contribution in [0.4, 0.5) is 17.3 Å². The normalized spacial score (nSPS) is 10.2. The Bertz CT molecular complexity index is 518. The Labute approximate surface area is 117 Å². The van der Waals surface area contributed by atoms with Crippen molar-refractivity contribution in [1.82, 2.24) is 9.97 Å². The monoisotopic (exact) mass is 277 g/mol. The second-order valence-corrected chi connectivity index (χ2v) is 4.37. The van der Waals surface area contributed by atoms with Crippen molar-refractivity contribution in [2.75, 3.05) is 29.5 Å². The SMILES string of the molecule is Nc1ncnc(NCCCNc2ccccc2)c1Cl. The quantitative estimate of drug-likeness (QED) is 0.708. The molecule has 0 spiro atoms. The molecule has 6 heteroatoms. The van der Waals surface area contributed by atoms with Crippen molar-refractivity contribution in [3.8, 4) is 0 Å². The van der Waals surface area contributed by atoms with Gasteiger partial charge in [0.2, 0.25) is 0 Å². The van der Waals surface area contributed by atoms with E-state index in [9.17, 15) is 0 Å². The Morgan fingerprint density at radius 1 is 1.05 bits per heavy atom. The lowest BCUT2D eigenvalue weighted by Gasteiger charge is -2.09. The van der Waals surface area contributed by atoms with E-state index >= 15 is 0 Å². The molecule has 0 amide bonds. The van der Waals surface area contributed by atoms with Gasteiger partial charge in [-0.2, -0.15) is 0 Å². The minimum atomic E-state index is 0.293.